The molecule has 0 bridgehead atoms. The monoisotopic (exact) mass is 371 g/mol. The van der Waals surface area contributed by atoms with Crippen LogP contribution in [0.1, 0.15) is 30.3 Å². The first-order valence-electron chi connectivity index (χ1n) is 8.30. The molecule has 1 amide bonds. The van der Waals surface area contributed by atoms with E-state index in [1.54, 1.807) is 19.1 Å². The van der Waals surface area contributed by atoms with Gasteiger partial charge < -0.3 is 10.2 Å². The van der Waals surface area contributed by atoms with Crippen LogP contribution in [0.2, 0.25) is 0 Å². The molecule has 3 rings (SSSR count). The second kappa shape index (κ2) is 7.10. The van der Waals surface area contributed by atoms with Gasteiger partial charge in [-0.05, 0) is 38.4 Å². The summed E-state index contributed by atoms with van der Waals surface area (Å²) in [6.45, 7) is 1.68. The summed E-state index contributed by atoms with van der Waals surface area (Å²) in [6.07, 6.45) is -3.01. The Kier molecular flexibility index (Phi) is 5.03. The van der Waals surface area contributed by atoms with Gasteiger partial charge in [-0.15, -0.1) is 5.10 Å². The van der Waals surface area contributed by atoms with E-state index in [-0.39, 0.29) is 24.1 Å². The standard InChI is InChI=1S/C16H20F3N5O2/c1-10-4-5-12(26-10)14-21-15(24(22-14)9-16(17,18)19)11-3-2-6-23(7-11)8-13(20)25/h4-5,11H,2-3,6-9H2,1H3,(H2,20,25)/t11-/m1/s1. The zero-order valence-corrected chi connectivity index (χ0v) is 14.3. The maximum absolute atomic E-state index is 13.0. The van der Waals surface area contributed by atoms with Crippen LogP contribution >= 0.6 is 0 Å². The fourth-order valence-corrected chi connectivity index (χ4v) is 3.23. The summed E-state index contributed by atoms with van der Waals surface area (Å²) in [5.74, 6) is 0.607. The van der Waals surface area contributed by atoms with E-state index in [1.165, 1.54) is 0 Å². The lowest BCUT2D eigenvalue weighted by Crippen LogP contribution is -2.40. The molecule has 2 aromatic heterocycles. The molecule has 0 spiro atoms. The van der Waals surface area contributed by atoms with Crippen LogP contribution in [0.3, 0.4) is 0 Å². The van der Waals surface area contributed by atoms with Crippen molar-refractivity contribution in [3.63, 3.8) is 0 Å². The number of primary amides is 1. The molecule has 3 heterocycles. The third-order valence-corrected chi connectivity index (χ3v) is 4.24. The number of carbonyl (C=O) groups excluding carboxylic acids is 1. The van der Waals surface area contributed by atoms with Crippen LogP contribution in [0.15, 0.2) is 16.5 Å². The first-order chi connectivity index (χ1) is 12.2. The molecule has 1 fully saturated rings. The molecule has 7 nitrogen and oxygen atoms in total. The van der Waals surface area contributed by atoms with E-state index in [1.807, 2.05) is 4.90 Å². The molecule has 2 aromatic rings. The number of piperidine rings is 1. The first-order valence-corrected chi connectivity index (χ1v) is 8.30. The van der Waals surface area contributed by atoms with E-state index < -0.39 is 18.6 Å². The molecular formula is C16H20F3N5O2. The number of carbonyl (C=O) groups is 1. The zero-order chi connectivity index (χ0) is 18.9. The molecule has 1 atom stereocenters. The normalized spacial score (nSPS) is 19.0. The van der Waals surface area contributed by atoms with Gasteiger partial charge in [-0.1, -0.05) is 0 Å². The number of amides is 1. The smallest absolute Gasteiger partial charge is 0.408 e. The van der Waals surface area contributed by atoms with Crippen molar-refractivity contribution in [1.29, 1.82) is 0 Å². The summed E-state index contributed by atoms with van der Waals surface area (Å²) in [5, 5.41) is 4.02. The highest BCUT2D eigenvalue weighted by atomic mass is 19.4. The number of furan rings is 1. The van der Waals surface area contributed by atoms with E-state index in [0.29, 0.717) is 31.0 Å². The highest BCUT2D eigenvalue weighted by Gasteiger charge is 2.34. The quantitative estimate of drug-likeness (QED) is 0.869. The number of rotatable bonds is 5. The van der Waals surface area contributed by atoms with Gasteiger partial charge in [0, 0.05) is 12.5 Å². The Labute approximate surface area is 148 Å². The Morgan fingerprint density at radius 2 is 2.19 bits per heavy atom. The lowest BCUT2D eigenvalue weighted by Gasteiger charge is -2.31. The summed E-state index contributed by atoms with van der Waals surface area (Å²) in [4.78, 5) is 17.3. The number of aryl methyl sites for hydroxylation is 1. The summed E-state index contributed by atoms with van der Waals surface area (Å²) in [5.41, 5.74) is 5.23. The third-order valence-electron chi connectivity index (χ3n) is 4.24. The van der Waals surface area contributed by atoms with Crippen molar-refractivity contribution in [2.75, 3.05) is 19.6 Å². The minimum absolute atomic E-state index is 0.0775. The molecule has 26 heavy (non-hydrogen) atoms. The largest absolute Gasteiger partial charge is 0.458 e. The molecule has 2 N–H and O–H groups in total. The van der Waals surface area contributed by atoms with Gasteiger partial charge in [0.2, 0.25) is 11.7 Å². The van der Waals surface area contributed by atoms with Crippen molar-refractivity contribution in [1.82, 2.24) is 19.7 Å². The number of alkyl halides is 3. The minimum atomic E-state index is -4.42. The van der Waals surface area contributed by atoms with Crippen LogP contribution in [0, 0.1) is 6.92 Å². The number of aromatic nitrogens is 3. The number of hydrogen-bond acceptors (Lipinski definition) is 5. The lowest BCUT2D eigenvalue weighted by molar-refractivity contribution is -0.143. The van der Waals surface area contributed by atoms with Crippen LogP contribution in [0.5, 0.6) is 0 Å². The average molecular weight is 371 g/mol. The molecule has 10 heteroatoms. The molecule has 0 radical (unpaired) electrons. The Morgan fingerprint density at radius 3 is 2.81 bits per heavy atom. The van der Waals surface area contributed by atoms with Crippen molar-refractivity contribution in [2.24, 2.45) is 5.73 Å². The van der Waals surface area contributed by atoms with Crippen LogP contribution in [0.25, 0.3) is 11.6 Å². The summed E-state index contributed by atoms with van der Waals surface area (Å²) < 4.78 is 45.2. The number of hydrogen-bond donors (Lipinski definition) is 1. The molecule has 142 valence electrons. The first kappa shape index (κ1) is 18.4. The van der Waals surface area contributed by atoms with Crippen LogP contribution in [-0.4, -0.2) is 51.4 Å². The van der Waals surface area contributed by atoms with Gasteiger partial charge in [-0.25, -0.2) is 9.67 Å². The van der Waals surface area contributed by atoms with E-state index in [9.17, 15) is 18.0 Å². The number of halogens is 3. The van der Waals surface area contributed by atoms with E-state index >= 15 is 0 Å². The van der Waals surface area contributed by atoms with Crippen LogP contribution in [0.4, 0.5) is 13.2 Å². The summed E-state index contributed by atoms with van der Waals surface area (Å²) in [6, 6.07) is 3.33. The fraction of sp³-hybridized carbons (Fsp3) is 0.562. The maximum Gasteiger partial charge on any atom is 0.408 e. The van der Waals surface area contributed by atoms with Crippen molar-refractivity contribution in [3.8, 4) is 11.6 Å². The van der Waals surface area contributed by atoms with Gasteiger partial charge in [0.05, 0.1) is 6.54 Å². The Bertz CT molecular complexity index is 783. The zero-order valence-electron chi connectivity index (χ0n) is 14.3. The predicted octanol–water partition coefficient (Wildman–Crippen LogP) is 2.07. The van der Waals surface area contributed by atoms with Gasteiger partial charge >= 0.3 is 6.18 Å². The van der Waals surface area contributed by atoms with Gasteiger partial charge in [-0.3, -0.25) is 9.69 Å². The second-order valence-electron chi connectivity index (χ2n) is 6.52. The van der Waals surface area contributed by atoms with Crippen molar-refractivity contribution in [2.45, 2.75) is 38.4 Å². The minimum Gasteiger partial charge on any atom is -0.458 e. The topological polar surface area (TPSA) is 90.2 Å². The SMILES string of the molecule is Cc1ccc(-c2nc([C@@H]3CCCN(CC(N)=O)C3)n(CC(F)(F)F)n2)o1. The maximum atomic E-state index is 13.0. The fourth-order valence-electron chi connectivity index (χ4n) is 3.23. The lowest BCUT2D eigenvalue weighted by atomic mass is 9.97. The van der Waals surface area contributed by atoms with E-state index in [2.05, 4.69) is 10.1 Å². The summed E-state index contributed by atoms with van der Waals surface area (Å²) >= 11 is 0. The Balaban J connectivity index is 1.90. The molecule has 0 aliphatic carbocycles. The molecule has 1 saturated heterocycles. The van der Waals surface area contributed by atoms with E-state index in [0.717, 1.165) is 11.1 Å². The molecule has 1 aliphatic heterocycles. The predicted molar refractivity (Wildman–Crippen MR) is 86.1 cm³/mol. The van der Waals surface area contributed by atoms with Crippen LogP contribution in [-0.2, 0) is 11.3 Å². The Hall–Kier alpha value is -2.36. The molecule has 1 aliphatic rings. The number of nitrogens with zero attached hydrogens (tertiary/aromatic N) is 4. The third kappa shape index (κ3) is 4.43. The number of likely N-dealkylation sites (tertiary alicyclic amines) is 1. The van der Waals surface area contributed by atoms with Gasteiger partial charge in [0.1, 0.15) is 18.1 Å². The highest BCUT2D eigenvalue weighted by molar-refractivity contribution is 5.75. The van der Waals surface area contributed by atoms with Crippen LogP contribution < -0.4 is 5.73 Å². The highest BCUT2D eigenvalue weighted by Crippen LogP contribution is 2.30. The second-order valence-corrected chi connectivity index (χ2v) is 6.52. The molecule has 0 unspecified atom stereocenters. The van der Waals surface area contributed by atoms with Gasteiger partial charge in [-0.2, -0.15) is 13.2 Å². The Morgan fingerprint density at radius 1 is 1.42 bits per heavy atom. The van der Waals surface area contributed by atoms with Gasteiger partial charge in [0.15, 0.2) is 5.76 Å². The average Bonchev–Trinajstić information content (AvgIpc) is 3.11. The molecule has 0 aromatic carbocycles. The van der Waals surface area contributed by atoms with Crippen molar-refractivity contribution < 1.29 is 22.4 Å². The van der Waals surface area contributed by atoms with Gasteiger partial charge in [0.25, 0.3) is 0 Å². The summed E-state index contributed by atoms with van der Waals surface area (Å²) in [7, 11) is 0. The van der Waals surface area contributed by atoms with Crippen molar-refractivity contribution in [3.05, 3.63) is 23.7 Å². The number of nitrogens with two attached hydrogens (primary N) is 1. The molecular weight excluding hydrogens is 351 g/mol. The van der Waals surface area contributed by atoms with Crippen molar-refractivity contribution >= 4 is 5.91 Å². The molecule has 0 saturated carbocycles. The van der Waals surface area contributed by atoms with E-state index in [4.69, 9.17) is 10.2 Å².